The zero-order valence-corrected chi connectivity index (χ0v) is 26.6. The number of pyridine rings is 1. The molecular weight excluding hydrogens is 565 g/mol. The van der Waals surface area contributed by atoms with Gasteiger partial charge in [0, 0.05) is 68.0 Å². The van der Waals surface area contributed by atoms with E-state index in [1.165, 1.54) is 11.0 Å². The Kier molecular flexibility index (Phi) is 8.30. The fourth-order valence-electron chi connectivity index (χ4n) is 6.28. The molecule has 2 fully saturated rings. The fourth-order valence-corrected chi connectivity index (χ4v) is 6.28. The highest BCUT2D eigenvalue weighted by atomic mass is 19.1. The fraction of sp³-hybridized carbons (Fsp3) is 0.545. The number of amides is 2. The van der Waals surface area contributed by atoms with Gasteiger partial charge in [0.15, 0.2) is 0 Å². The Bertz CT molecular complexity index is 1540. The number of hydrogen-bond donors (Lipinski definition) is 1. The minimum Gasteiger partial charge on any atom is -0.444 e. The summed E-state index contributed by atoms with van der Waals surface area (Å²) in [4.78, 5) is 37.0. The number of hydrogen-bond acceptors (Lipinski definition) is 8. The van der Waals surface area contributed by atoms with Gasteiger partial charge < -0.3 is 24.2 Å². The molecule has 2 aromatic heterocycles. The van der Waals surface area contributed by atoms with Crippen molar-refractivity contribution in [3.8, 4) is 11.4 Å². The maximum absolute atomic E-state index is 15.4. The molecule has 0 spiro atoms. The highest BCUT2D eigenvalue weighted by Crippen LogP contribution is 2.51. The smallest absolute Gasteiger partial charge is 0.410 e. The molecule has 5 rings (SSSR count). The number of ether oxygens (including phenoxy) is 1. The van der Waals surface area contributed by atoms with E-state index >= 15 is 4.39 Å². The SMILES string of the molecule is CC(=O)N1CCC(c2nc(-c3cncc([C@@](O)(c4ccc(C(C)C)c(F)c4)C4(C)CN(C(=O)OC(C)(C)C)C4)c3)no2)CC1. The molecule has 236 valence electrons. The summed E-state index contributed by atoms with van der Waals surface area (Å²) >= 11 is 0. The molecule has 1 aromatic carbocycles. The first-order valence-corrected chi connectivity index (χ1v) is 15.2. The molecule has 1 atom stereocenters. The maximum atomic E-state index is 15.4. The predicted octanol–water partition coefficient (Wildman–Crippen LogP) is 5.61. The molecule has 4 heterocycles. The Morgan fingerprint density at radius 1 is 1.09 bits per heavy atom. The lowest BCUT2D eigenvalue weighted by Gasteiger charge is -2.56. The van der Waals surface area contributed by atoms with Crippen molar-refractivity contribution >= 4 is 12.0 Å². The van der Waals surface area contributed by atoms with Crippen molar-refractivity contribution in [2.45, 2.75) is 84.3 Å². The Morgan fingerprint density at radius 2 is 1.77 bits per heavy atom. The van der Waals surface area contributed by atoms with Crippen LogP contribution in [0.3, 0.4) is 0 Å². The second-order valence-electron chi connectivity index (χ2n) is 13.7. The molecule has 1 N–H and O–H groups in total. The van der Waals surface area contributed by atoms with Crippen molar-refractivity contribution in [1.82, 2.24) is 24.9 Å². The topological polar surface area (TPSA) is 122 Å². The Morgan fingerprint density at radius 3 is 2.36 bits per heavy atom. The highest BCUT2D eigenvalue weighted by molar-refractivity contribution is 5.73. The molecule has 3 aromatic rings. The van der Waals surface area contributed by atoms with Crippen LogP contribution in [0.15, 0.2) is 41.2 Å². The third kappa shape index (κ3) is 5.94. The molecule has 11 heteroatoms. The van der Waals surface area contributed by atoms with E-state index in [0.29, 0.717) is 47.1 Å². The Balaban J connectivity index is 1.48. The van der Waals surface area contributed by atoms with Crippen LogP contribution in [0, 0.1) is 11.2 Å². The van der Waals surface area contributed by atoms with Crippen LogP contribution in [0.1, 0.15) is 95.7 Å². The third-order valence-electron chi connectivity index (χ3n) is 8.79. The Labute approximate surface area is 257 Å². The van der Waals surface area contributed by atoms with Crippen molar-refractivity contribution in [1.29, 1.82) is 0 Å². The number of rotatable bonds is 6. The summed E-state index contributed by atoms with van der Waals surface area (Å²) in [5.74, 6) is 0.459. The molecular formula is C33H42FN5O5. The molecule has 0 aliphatic carbocycles. The van der Waals surface area contributed by atoms with Crippen LogP contribution in [0.25, 0.3) is 11.4 Å². The van der Waals surface area contributed by atoms with Crippen molar-refractivity contribution in [2.75, 3.05) is 26.2 Å². The van der Waals surface area contributed by atoms with E-state index in [2.05, 4.69) is 15.1 Å². The zero-order valence-electron chi connectivity index (χ0n) is 26.6. The maximum Gasteiger partial charge on any atom is 0.410 e. The summed E-state index contributed by atoms with van der Waals surface area (Å²) in [6.45, 7) is 14.3. The average Bonchev–Trinajstić information content (AvgIpc) is 3.44. The van der Waals surface area contributed by atoms with E-state index in [1.807, 2.05) is 25.7 Å². The average molecular weight is 608 g/mol. The van der Waals surface area contributed by atoms with Gasteiger partial charge in [-0.15, -0.1) is 0 Å². The Hall–Kier alpha value is -3.86. The predicted molar refractivity (Wildman–Crippen MR) is 161 cm³/mol. The number of aliphatic hydroxyl groups is 1. The minimum atomic E-state index is -1.73. The largest absolute Gasteiger partial charge is 0.444 e. The van der Waals surface area contributed by atoms with Gasteiger partial charge in [-0.05, 0) is 62.8 Å². The first-order chi connectivity index (χ1) is 20.6. The first kappa shape index (κ1) is 31.6. The zero-order chi connectivity index (χ0) is 32.0. The number of likely N-dealkylation sites (tertiary alicyclic amines) is 2. The lowest BCUT2D eigenvalue weighted by molar-refractivity contribution is -0.132. The summed E-state index contributed by atoms with van der Waals surface area (Å²) in [5, 5.41) is 16.9. The van der Waals surface area contributed by atoms with Crippen LogP contribution in [0.2, 0.25) is 0 Å². The summed E-state index contributed by atoms with van der Waals surface area (Å²) in [6, 6.07) is 6.57. The summed E-state index contributed by atoms with van der Waals surface area (Å²) in [7, 11) is 0. The second kappa shape index (κ2) is 11.6. The molecule has 2 saturated heterocycles. The van der Waals surface area contributed by atoms with Crippen molar-refractivity contribution < 1.29 is 28.3 Å². The van der Waals surface area contributed by atoms with E-state index in [1.54, 1.807) is 58.3 Å². The lowest BCUT2D eigenvalue weighted by atomic mass is 9.62. The van der Waals surface area contributed by atoms with E-state index in [0.717, 1.165) is 12.8 Å². The van der Waals surface area contributed by atoms with Crippen molar-refractivity contribution in [3.63, 3.8) is 0 Å². The number of aromatic nitrogens is 3. The monoisotopic (exact) mass is 607 g/mol. The van der Waals surface area contributed by atoms with Crippen LogP contribution in [0.5, 0.6) is 0 Å². The molecule has 0 saturated carbocycles. The standard InChI is InChI=1S/C33H42FN5O5/c1-20(2)26-9-8-24(15-27(26)34)33(42,32(7)18-39(19-32)30(41)43-31(4,5)6)25-14-23(16-35-17-25)28-36-29(44-37-28)22-10-12-38(13-11-22)21(3)40/h8-9,14-17,20,22,42H,10-13,18-19H2,1-7H3/t33-/m0/s1. The van der Waals surface area contributed by atoms with Crippen LogP contribution in [0.4, 0.5) is 9.18 Å². The van der Waals surface area contributed by atoms with Gasteiger partial charge in [0.1, 0.15) is 17.0 Å². The van der Waals surface area contributed by atoms with Crippen LogP contribution >= 0.6 is 0 Å². The summed E-state index contributed by atoms with van der Waals surface area (Å²) < 4.78 is 26.6. The van der Waals surface area contributed by atoms with Gasteiger partial charge in [-0.1, -0.05) is 38.1 Å². The van der Waals surface area contributed by atoms with E-state index in [-0.39, 0.29) is 30.8 Å². The van der Waals surface area contributed by atoms with Gasteiger partial charge in [-0.3, -0.25) is 9.78 Å². The van der Waals surface area contributed by atoms with Gasteiger partial charge in [0.25, 0.3) is 0 Å². The van der Waals surface area contributed by atoms with Crippen LogP contribution < -0.4 is 0 Å². The molecule has 0 radical (unpaired) electrons. The van der Waals surface area contributed by atoms with Crippen molar-refractivity contribution in [2.24, 2.45) is 5.41 Å². The highest BCUT2D eigenvalue weighted by Gasteiger charge is 2.58. The number of nitrogens with zero attached hydrogens (tertiary/aromatic N) is 5. The van der Waals surface area contributed by atoms with E-state index < -0.39 is 28.5 Å². The normalized spacial score (nSPS) is 18.6. The molecule has 2 aliphatic heterocycles. The van der Waals surface area contributed by atoms with Gasteiger partial charge in [-0.2, -0.15) is 4.98 Å². The lowest BCUT2D eigenvalue weighted by Crippen LogP contribution is -2.66. The summed E-state index contributed by atoms with van der Waals surface area (Å²) in [5.41, 5.74) is -1.44. The van der Waals surface area contributed by atoms with Gasteiger partial charge in [0.2, 0.25) is 17.6 Å². The number of carbonyl (C=O) groups is 2. The van der Waals surface area contributed by atoms with E-state index in [9.17, 15) is 14.7 Å². The third-order valence-corrected chi connectivity index (χ3v) is 8.79. The first-order valence-electron chi connectivity index (χ1n) is 15.2. The minimum absolute atomic E-state index is 0.0359. The molecule has 0 bridgehead atoms. The van der Waals surface area contributed by atoms with E-state index in [4.69, 9.17) is 9.26 Å². The van der Waals surface area contributed by atoms with Crippen LogP contribution in [-0.4, -0.2) is 73.8 Å². The van der Waals surface area contributed by atoms with Gasteiger partial charge in [0.05, 0.1) is 0 Å². The summed E-state index contributed by atoms with van der Waals surface area (Å²) in [6.07, 6.45) is 4.12. The number of piperidine rings is 1. The molecule has 2 amide bonds. The second-order valence-corrected chi connectivity index (χ2v) is 13.7. The molecule has 10 nitrogen and oxygen atoms in total. The number of carbonyl (C=O) groups excluding carboxylic acids is 2. The number of benzene rings is 1. The molecule has 2 aliphatic rings. The molecule has 0 unspecified atom stereocenters. The number of halogens is 1. The van der Waals surface area contributed by atoms with Crippen molar-refractivity contribution in [3.05, 3.63) is 65.1 Å². The van der Waals surface area contributed by atoms with Crippen LogP contribution in [-0.2, 0) is 15.1 Å². The quantitative estimate of drug-likeness (QED) is 0.384. The van der Waals surface area contributed by atoms with Gasteiger partial charge in [-0.25, -0.2) is 9.18 Å². The molecule has 44 heavy (non-hydrogen) atoms. The van der Waals surface area contributed by atoms with Gasteiger partial charge >= 0.3 is 6.09 Å².